The van der Waals surface area contributed by atoms with Gasteiger partial charge in [-0.1, -0.05) is 17.7 Å². The quantitative estimate of drug-likeness (QED) is 0.323. The van der Waals surface area contributed by atoms with E-state index in [4.69, 9.17) is 11.6 Å². The molecule has 35 heavy (non-hydrogen) atoms. The van der Waals surface area contributed by atoms with Gasteiger partial charge in [-0.05, 0) is 56.2 Å². The lowest BCUT2D eigenvalue weighted by Crippen LogP contribution is -2.20. The number of anilines is 1. The number of fused-ring (bicyclic) bond motifs is 3. The fourth-order valence-corrected chi connectivity index (χ4v) is 4.83. The summed E-state index contributed by atoms with van der Waals surface area (Å²) >= 11 is 6.16. The van der Waals surface area contributed by atoms with Crippen molar-refractivity contribution in [3.8, 4) is 11.3 Å². The molecule has 0 radical (unpaired) electrons. The zero-order chi connectivity index (χ0) is 24.9. The lowest BCUT2D eigenvalue weighted by atomic mass is 9.95. The molecule has 178 valence electrons. The third-order valence-corrected chi connectivity index (χ3v) is 6.48. The highest BCUT2D eigenvalue weighted by Crippen LogP contribution is 2.35. The molecule has 0 saturated heterocycles. The SMILES string of the molecule is CCn1ncc2c3c(C(C)Nc4ccc(Cl)nc4-c4ccncc4F)cc(C)cc3c(=O)n(C)c21. The molecule has 0 aliphatic rings. The van der Waals surface area contributed by atoms with E-state index in [2.05, 4.69) is 26.4 Å². The molecule has 0 aliphatic carbocycles. The van der Waals surface area contributed by atoms with Crippen LogP contribution in [0.4, 0.5) is 10.1 Å². The van der Waals surface area contributed by atoms with Crippen molar-refractivity contribution in [3.63, 3.8) is 0 Å². The number of halogens is 2. The van der Waals surface area contributed by atoms with E-state index in [9.17, 15) is 9.18 Å². The van der Waals surface area contributed by atoms with Gasteiger partial charge in [0.2, 0.25) is 0 Å². The predicted molar refractivity (Wildman–Crippen MR) is 137 cm³/mol. The number of benzene rings is 1. The highest BCUT2D eigenvalue weighted by atomic mass is 35.5. The molecule has 0 spiro atoms. The summed E-state index contributed by atoms with van der Waals surface area (Å²) in [6, 6.07) is 8.74. The van der Waals surface area contributed by atoms with Crippen LogP contribution in [0.15, 0.2) is 53.7 Å². The molecule has 4 heterocycles. The standard InChI is InChI=1S/C26H24ClFN6O/c1-5-34-25-19(12-30-34)23-17(10-14(2)11-18(23)26(35)33(25)4)15(3)31-21-6-7-22(27)32-24(21)16-8-9-29-13-20(16)28/h6-13,15,31H,5H2,1-4H3. The lowest BCUT2D eigenvalue weighted by molar-refractivity contribution is 0.624. The summed E-state index contributed by atoms with van der Waals surface area (Å²) in [5, 5.41) is 10.6. The Morgan fingerprint density at radius 2 is 1.97 bits per heavy atom. The Labute approximate surface area is 206 Å². The van der Waals surface area contributed by atoms with Crippen LogP contribution in [-0.4, -0.2) is 24.3 Å². The summed E-state index contributed by atoms with van der Waals surface area (Å²) in [4.78, 5) is 21.6. The van der Waals surface area contributed by atoms with Gasteiger partial charge in [-0.25, -0.2) is 14.1 Å². The fourth-order valence-electron chi connectivity index (χ4n) is 4.68. The van der Waals surface area contributed by atoms with Crippen molar-refractivity contribution in [2.24, 2.45) is 7.05 Å². The Morgan fingerprint density at radius 3 is 2.71 bits per heavy atom. The van der Waals surface area contributed by atoms with Gasteiger partial charge >= 0.3 is 0 Å². The molecular formula is C26H24ClFN6O. The molecule has 1 N–H and O–H groups in total. The van der Waals surface area contributed by atoms with Gasteiger partial charge in [-0.3, -0.25) is 14.3 Å². The Morgan fingerprint density at radius 1 is 1.17 bits per heavy atom. The highest BCUT2D eigenvalue weighted by Gasteiger charge is 2.21. The summed E-state index contributed by atoms with van der Waals surface area (Å²) in [6.45, 7) is 6.61. The first-order valence-electron chi connectivity index (χ1n) is 11.3. The minimum Gasteiger partial charge on any atom is -0.377 e. The van der Waals surface area contributed by atoms with Crippen molar-refractivity contribution in [1.82, 2.24) is 24.3 Å². The Hall–Kier alpha value is -3.78. The molecule has 0 bridgehead atoms. The van der Waals surface area contributed by atoms with Gasteiger partial charge in [0.1, 0.15) is 10.8 Å². The van der Waals surface area contributed by atoms with Crippen molar-refractivity contribution < 1.29 is 4.39 Å². The highest BCUT2D eigenvalue weighted by molar-refractivity contribution is 6.29. The molecule has 9 heteroatoms. The van der Waals surface area contributed by atoms with Crippen molar-refractivity contribution in [1.29, 1.82) is 0 Å². The van der Waals surface area contributed by atoms with Gasteiger partial charge in [0.25, 0.3) is 5.56 Å². The van der Waals surface area contributed by atoms with Crippen LogP contribution in [0.1, 0.15) is 31.0 Å². The van der Waals surface area contributed by atoms with E-state index in [0.29, 0.717) is 28.9 Å². The van der Waals surface area contributed by atoms with Gasteiger partial charge in [-0.2, -0.15) is 5.10 Å². The molecule has 4 aromatic heterocycles. The van der Waals surface area contributed by atoms with Crippen LogP contribution in [0, 0.1) is 12.7 Å². The van der Waals surface area contributed by atoms with Gasteiger partial charge < -0.3 is 5.32 Å². The normalized spacial score (nSPS) is 12.4. The fraction of sp³-hybridized carbons (Fsp3) is 0.231. The van der Waals surface area contributed by atoms with Crippen molar-refractivity contribution in [2.45, 2.75) is 33.4 Å². The number of hydrogen-bond acceptors (Lipinski definition) is 5. The zero-order valence-corrected chi connectivity index (χ0v) is 20.6. The molecule has 5 aromatic rings. The molecule has 0 aliphatic heterocycles. The summed E-state index contributed by atoms with van der Waals surface area (Å²) in [5.74, 6) is -0.490. The van der Waals surface area contributed by atoms with E-state index in [1.807, 2.05) is 37.7 Å². The molecule has 7 nitrogen and oxygen atoms in total. The van der Waals surface area contributed by atoms with E-state index >= 15 is 0 Å². The van der Waals surface area contributed by atoms with Crippen LogP contribution in [0.2, 0.25) is 5.15 Å². The number of aromatic nitrogens is 5. The first-order valence-corrected chi connectivity index (χ1v) is 11.7. The number of pyridine rings is 3. The Bertz CT molecular complexity index is 1660. The summed E-state index contributed by atoms with van der Waals surface area (Å²) in [5.41, 5.74) is 3.91. The van der Waals surface area contributed by atoms with Crippen molar-refractivity contribution in [3.05, 3.63) is 81.4 Å². The maximum atomic E-state index is 14.6. The van der Waals surface area contributed by atoms with E-state index in [-0.39, 0.29) is 16.8 Å². The molecule has 0 fully saturated rings. The second kappa shape index (κ2) is 8.78. The number of rotatable bonds is 5. The van der Waals surface area contributed by atoms with Crippen LogP contribution in [0.25, 0.3) is 33.1 Å². The number of nitrogens with zero attached hydrogens (tertiary/aromatic N) is 5. The number of nitrogens with one attached hydrogen (secondary N) is 1. The van der Waals surface area contributed by atoms with E-state index in [1.54, 1.807) is 29.8 Å². The minimum absolute atomic E-state index is 0.0763. The topological polar surface area (TPSA) is 77.6 Å². The van der Waals surface area contributed by atoms with Gasteiger partial charge in [-0.15, -0.1) is 0 Å². The lowest BCUT2D eigenvalue weighted by Gasteiger charge is -2.21. The molecule has 5 rings (SSSR count). The van der Waals surface area contributed by atoms with Crippen LogP contribution in [0.5, 0.6) is 0 Å². The molecular weight excluding hydrogens is 467 g/mol. The van der Waals surface area contributed by atoms with Crippen LogP contribution < -0.4 is 10.9 Å². The summed E-state index contributed by atoms with van der Waals surface area (Å²) in [6.07, 6.45) is 4.48. The van der Waals surface area contributed by atoms with Crippen LogP contribution in [-0.2, 0) is 13.6 Å². The van der Waals surface area contributed by atoms with Crippen LogP contribution in [0.3, 0.4) is 0 Å². The molecule has 1 atom stereocenters. The monoisotopic (exact) mass is 490 g/mol. The van der Waals surface area contributed by atoms with Crippen LogP contribution >= 0.6 is 11.6 Å². The summed E-state index contributed by atoms with van der Waals surface area (Å²) in [7, 11) is 1.77. The van der Waals surface area contributed by atoms with E-state index < -0.39 is 5.82 Å². The maximum absolute atomic E-state index is 14.6. The van der Waals surface area contributed by atoms with Crippen molar-refractivity contribution in [2.75, 3.05) is 5.32 Å². The zero-order valence-electron chi connectivity index (χ0n) is 19.8. The maximum Gasteiger partial charge on any atom is 0.259 e. The second-order valence-electron chi connectivity index (χ2n) is 8.59. The first-order chi connectivity index (χ1) is 16.8. The number of aryl methyl sites for hydroxylation is 3. The Kier molecular flexibility index (Phi) is 5.76. The molecule has 1 unspecified atom stereocenters. The third kappa shape index (κ3) is 3.83. The van der Waals surface area contributed by atoms with Crippen molar-refractivity contribution >= 4 is 39.1 Å². The average Bonchev–Trinajstić information content (AvgIpc) is 3.27. The predicted octanol–water partition coefficient (Wildman–Crippen LogP) is 5.64. The van der Waals surface area contributed by atoms with Gasteiger partial charge in [0.15, 0.2) is 5.82 Å². The smallest absolute Gasteiger partial charge is 0.259 e. The van der Waals surface area contributed by atoms with Gasteiger partial charge in [0, 0.05) is 47.6 Å². The Balaban J connectivity index is 1.71. The first kappa shape index (κ1) is 23.0. The molecule has 0 amide bonds. The average molecular weight is 491 g/mol. The largest absolute Gasteiger partial charge is 0.377 e. The van der Waals surface area contributed by atoms with Gasteiger partial charge in [0.05, 0.1) is 23.8 Å². The minimum atomic E-state index is -0.490. The van der Waals surface area contributed by atoms with E-state index in [0.717, 1.165) is 33.7 Å². The number of hydrogen-bond donors (Lipinski definition) is 1. The van der Waals surface area contributed by atoms with E-state index in [1.165, 1.54) is 6.20 Å². The molecule has 0 saturated carbocycles. The third-order valence-electron chi connectivity index (χ3n) is 6.27. The second-order valence-corrected chi connectivity index (χ2v) is 8.98. The molecule has 1 aromatic carbocycles. The summed E-state index contributed by atoms with van der Waals surface area (Å²) < 4.78 is 18.1.